The summed E-state index contributed by atoms with van der Waals surface area (Å²) in [6, 6.07) is 0. The minimum Gasteiger partial charge on any atom is -0.471 e. The molecule has 0 aromatic carbocycles. The Morgan fingerprint density at radius 3 is 2.50 bits per heavy atom. The Bertz CT molecular complexity index is 17.5. The van der Waals surface area contributed by atoms with Crippen molar-refractivity contribution in [3.8, 4) is 0 Å². The molecule has 0 saturated carbocycles. The average Bonchev–Trinajstić information content (AvgIpc) is 1.61. The molecule has 0 unspecified atom stereocenters. The largest absolute Gasteiger partial charge is 0.471 e. The van der Waals surface area contributed by atoms with E-state index in [1.165, 1.54) is 0 Å². The van der Waals surface area contributed by atoms with E-state index in [4.69, 9.17) is 8.91 Å². The summed E-state index contributed by atoms with van der Waals surface area (Å²) in [6.07, 6.45) is 0. The molecule has 0 atom stereocenters. The van der Waals surface area contributed by atoms with Gasteiger partial charge in [0.1, 0.15) is 29.0 Å². The summed E-state index contributed by atoms with van der Waals surface area (Å²) in [5, 5.41) is 0. The quantitative estimate of drug-likeness (QED) is 0.328. The molecule has 6 heavy (non-hydrogen) atoms. The summed E-state index contributed by atoms with van der Waals surface area (Å²) in [5.41, 5.74) is 0. The molecule has 0 fully saturated rings. The van der Waals surface area contributed by atoms with Gasteiger partial charge in [-0.2, -0.15) is 0 Å². The van der Waals surface area contributed by atoms with Crippen molar-refractivity contribution in [3.05, 3.63) is 0 Å². The summed E-state index contributed by atoms with van der Waals surface area (Å²) < 4.78 is 5.00. The number of hydrogen-bond donors (Lipinski definition) is 1. The molecule has 0 bridgehead atoms. The van der Waals surface area contributed by atoms with Gasteiger partial charge in [0.05, 0.1) is 8.55 Å². The smallest absolute Gasteiger partial charge is 0.138 e. The van der Waals surface area contributed by atoms with Gasteiger partial charge in [0.25, 0.3) is 0 Å². The fourth-order valence-electron chi connectivity index (χ4n) is 0.209. The van der Waals surface area contributed by atoms with Crippen LogP contribution in [0.1, 0.15) is 0 Å². The lowest BCUT2D eigenvalue weighted by Crippen LogP contribution is -2.13. The highest BCUT2D eigenvalue weighted by Crippen LogP contribution is 1.50. The maximum absolute atomic E-state index is 8.37. The van der Waals surface area contributed by atoms with Gasteiger partial charge in [-0.3, -0.25) is 0 Å². The molecule has 0 aliphatic heterocycles. The van der Waals surface area contributed by atoms with Gasteiger partial charge in [-0.25, -0.2) is 0 Å². The van der Waals surface area contributed by atoms with E-state index in [0.717, 1.165) is 10.5 Å². The second-order valence-electron chi connectivity index (χ2n) is 1.07. The molecule has 0 rings (SSSR count). The zero-order chi connectivity index (χ0) is 4.83. The molecular weight excluding hydrogens is 144 g/mol. The van der Waals surface area contributed by atoms with Crippen molar-refractivity contribution < 1.29 is 8.91 Å². The SMILES string of the molecule is O[SiH2][SiH2][SiH2]O[SiH3]. The summed E-state index contributed by atoms with van der Waals surface area (Å²) in [5.74, 6) is 0. The molecule has 38 valence electrons. The number of rotatable bonds is 3. The van der Waals surface area contributed by atoms with Crippen LogP contribution >= 0.6 is 0 Å². The lowest BCUT2D eigenvalue weighted by Gasteiger charge is -1.86. The highest BCUT2D eigenvalue weighted by Gasteiger charge is 1.81. The van der Waals surface area contributed by atoms with Crippen LogP contribution in [0.3, 0.4) is 0 Å². The van der Waals surface area contributed by atoms with Crippen LogP contribution in [-0.2, 0) is 4.12 Å². The molecule has 0 amide bonds. The first-order chi connectivity index (χ1) is 2.91. The van der Waals surface area contributed by atoms with Crippen LogP contribution in [0.15, 0.2) is 0 Å². The van der Waals surface area contributed by atoms with Crippen molar-refractivity contribution in [2.24, 2.45) is 0 Å². The summed E-state index contributed by atoms with van der Waals surface area (Å²) >= 11 is 0. The monoisotopic (exact) mass is 154 g/mol. The van der Waals surface area contributed by atoms with E-state index in [1.54, 1.807) is 0 Å². The average molecular weight is 154 g/mol. The normalized spacial score (nSPS) is 15.5. The topological polar surface area (TPSA) is 29.5 Å². The Kier molecular flexibility index (Phi) is 6.55. The van der Waals surface area contributed by atoms with Gasteiger partial charge in [0.2, 0.25) is 0 Å². The highest BCUT2D eigenvalue weighted by atomic mass is 29.5. The second-order valence-corrected chi connectivity index (χ2v) is 16.0. The van der Waals surface area contributed by atoms with Crippen LogP contribution < -0.4 is 0 Å². The molecule has 2 nitrogen and oxygen atoms in total. The first kappa shape index (κ1) is 6.79. The Labute approximate surface area is 47.1 Å². The molecule has 0 aliphatic rings. The van der Waals surface area contributed by atoms with Gasteiger partial charge in [0, 0.05) is 0 Å². The van der Waals surface area contributed by atoms with Gasteiger partial charge in [-0.1, -0.05) is 0 Å². The minimum atomic E-state index is -0.499. The van der Waals surface area contributed by atoms with Gasteiger partial charge < -0.3 is 8.91 Å². The van der Waals surface area contributed by atoms with Crippen molar-refractivity contribution in [1.29, 1.82) is 0 Å². The molecule has 0 heterocycles. The first-order valence-corrected chi connectivity index (χ1v) is 12.0. The van der Waals surface area contributed by atoms with Crippen molar-refractivity contribution in [2.45, 2.75) is 0 Å². The second kappa shape index (κ2) is 5.79. The van der Waals surface area contributed by atoms with Gasteiger partial charge in [-0.15, -0.1) is 0 Å². The standard InChI is InChI=1S/H10O2Si4/c1-4-6-5-2-3/h1H,4-6H2,3H3. The van der Waals surface area contributed by atoms with Crippen molar-refractivity contribution >= 4 is 37.6 Å². The number of hydrogen-bond acceptors (Lipinski definition) is 2. The third-order valence-electron chi connectivity index (χ3n) is 0.507. The minimum absolute atomic E-state index is 0.0660. The van der Waals surface area contributed by atoms with E-state index >= 15 is 0 Å². The van der Waals surface area contributed by atoms with Gasteiger partial charge in [-0.05, 0) is 0 Å². The third kappa shape index (κ3) is 4.79. The molecular formula is H10O2Si4. The Hall–Kier alpha value is 0.788. The van der Waals surface area contributed by atoms with Crippen molar-refractivity contribution in [2.75, 3.05) is 0 Å². The fraction of sp³-hybridized carbons (Fsp3) is 0. The molecule has 0 aromatic rings. The zero-order valence-electron chi connectivity index (χ0n) is 3.98. The van der Waals surface area contributed by atoms with Crippen LogP contribution in [0.4, 0.5) is 0 Å². The molecule has 0 spiro atoms. The fourth-order valence-corrected chi connectivity index (χ4v) is 13.4. The lowest BCUT2D eigenvalue weighted by atomic mass is 15.8. The predicted octanol–water partition coefficient (Wildman–Crippen LogP) is -4.56. The molecule has 0 saturated heterocycles. The van der Waals surface area contributed by atoms with Gasteiger partial charge in [0.15, 0.2) is 0 Å². The van der Waals surface area contributed by atoms with Crippen LogP contribution in [0.25, 0.3) is 0 Å². The maximum Gasteiger partial charge on any atom is 0.138 e. The Morgan fingerprint density at radius 1 is 1.67 bits per heavy atom. The molecule has 0 aliphatic carbocycles. The third-order valence-corrected chi connectivity index (χ3v) is 13.7. The zero-order valence-corrected chi connectivity index (χ0v) is 10.2. The molecule has 1 N–H and O–H groups in total. The lowest BCUT2D eigenvalue weighted by molar-refractivity contribution is 0.620. The predicted molar refractivity (Wildman–Crippen MR) is 38.9 cm³/mol. The van der Waals surface area contributed by atoms with E-state index in [1.807, 2.05) is 0 Å². The van der Waals surface area contributed by atoms with E-state index < -0.39 is 9.28 Å². The highest BCUT2D eigenvalue weighted by molar-refractivity contribution is 7.26. The van der Waals surface area contributed by atoms with Crippen LogP contribution in [0.2, 0.25) is 0 Å². The van der Waals surface area contributed by atoms with Crippen molar-refractivity contribution in [1.82, 2.24) is 0 Å². The van der Waals surface area contributed by atoms with Crippen LogP contribution in [0, 0.1) is 0 Å². The Morgan fingerprint density at radius 2 is 2.33 bits per heavy atom. The van der Waals surface area contributed by atoms with E-state index in [2.05, 4.69) is 0 Å². The summed E-state index contributed by atoms with van der Waals surface area (Å²) in [4.78, 5) is 8.37. The van der Waals surface area contributed by atoms with Crippen LogP contribution in [-0.4, -0.2) is 42.4 Å². The first-order valence-electron chi connectivity index (χ1n) is 2.01. The van der Waals surface area contributed by atoms with E-state index in [-0.39, 0.29) is 17.8 Å². The van der Waals surface area contributed by atoms with Gasteiger partial charge >= 0.3 is 0 Å². The molecule has 0 aromatic heterocycles. The Balaban J connectivity index is 2.34. The van der Waals surface area contributed by atoms with E-state index in [0.29, 0.717) is 0 Å². The molecule has 6 heteroatoms. The molecule has 0 radical (unpaired) electrons. The van der Waals surface area contributed by atoms with E-state index in [9.17, 15) is 0 Å². The summed E-state index contributed by atoms with van der Waals surface area (Å²) in [6.45, 7) is 0. The summed E-state index contributed by atoms with van der Waals surface area (Å²) in [7, 11) is 0.413. The van der Waals surface area contributed by atoms with Crippen LogP contribution in [0.5, 0.6) is 0 Å². The maximum atomic E-state index is 8.37. The van der Waals surface area contributed by atoms with Crippen molar-refractivity contribution in [3.63, 3.8) is 0 Å².